The molecule has 1 atom stereocenters. The van der Waals surface area contributed by atoms with Gasteiger partial charge < -0.3 is 14.8 Å². The number of pyridine rings is 1. The summed E-state index contributed by atoms with van der Waals surface area (Å²) in [6.07, 6.45) is 6.12. The van der Waals surface area contributed by atoms with Crippen molar-refractivity contribution in [1.82, 2.24) is 25.1 Å². The first-order valence-electron chi connectivity index (χ1n) is 8.42. The summed E-state index contributed by atoms with van der Waals surface area (Å²) < 4.78 is 2.16. The van der Waals surface area contributed by atoms with E-state index in [1.165, 1.54) is 6.42 Å². The Kier molecular flexibility index (Phi) is 4.78. The number of fused-ring (bicyclic) bond motifs is 1. The maximum absolute atomic E-state index is 12.5. The molecule has 0 aliphatic carbocycles. The monoisotopic (exact) mass is 328 g/mol. The van der Waals surface area contributed by atoms with E-state index in [0.29, 0.717) is 5.56 Å². The quantitative estimate of drug-likeness (QED) is 0.928. The summed E-state index contributed by atoms with van der Waals surface area (Å²) in [5.74, 6) is 2.50. The van der Waals surface area contributed by atoms with E-state index >= 15 is 0 Å². The van der Waals surface area contributed by atoms with Crippen molar-refractivity contribution in [2.24, 2.45) is 0 Å². The van der Waals surface area contributed by atoms with E-state index in [0.717, 1.165) is 43.3 Å². The lowest BCUT2D eigenvalue weighted by atomic mass is 10.2. The summed E-state index contributed by atoms with van der Waals surface area (Å²) in [5, 5.41) is 11.6. The second kappa shape index (κ2) is 6.98. The molecule has 3 heterocycles. The molecule has 2 aromatic heterocycles. The summed E-state index contributed by atoms with van der Waals surface area (Å²) in [5.41, 5.74) is 0.594. The molecule has 3 rings (SSSR count). The highest BCUT2D eigenvalue weighted by Crippen LogP contribution is 2.19. The minimum Gasteiger partial charge on any atom is -0.363 e. The third-order valence-electron chi connectivity index (χ3n) is 4.34. The van der Waals surface area contributed by atoms with Crippen LogP contribution in [0.25, 0.3) is 0 Å². The number of nitrogens with one attached hydrogen (secondary N) is 1. The molecule has 0 aromatic carbocycles. The third-order valence-corrected chi connectivity index (χ3v) is 4.34. The Labute approximate surface area is 142 Å². The van der Waals surface area contributed by atoms with Crippen LogP contribution in [0, 0.1) is 0 Å². The van der Waals surface area contributed by atoms with Gasteiger partial charge in [0.1, 0.15) is 11.6 Å². The van der Waals surface area contributed by atoms with Crippen LogP contribution in [0.15, 0.2) is 18.3 Å². The molecular formula is C17H24N6O. The first-order chi connectivity index (χ1) is 11.6. The Balaban J connectivity index is 1.75. The highest BCUT2D eigenvalue weighted by molar-refractivity contribution is 5.95. The number of hydrogen-bond acceptors (Lipinski definition) is 5. The van der Waals surface area contributed by atoms with Gasteiger partial charge in [0.2, 0.25) is 0 Å². The average Bonchev–Trinajstić information content (AvgIpc) is 2.84. The fourth-order valence-electron chi connectivity index (χ4n) is 2.98. The van der Waals surface area contributed by atoms with Crippen molar-refractivity contribution in [2.45, 2.75) is 45.2 Å². The molecule has 24 heavy (non-hydrogen) atoms. The maximum Gasteiger partial charge on any atom is 0.252 e. The number of rotatable bonds is 4. The van der Waals surface area contributed by atoms with Crippen LogP contribution in [0.3, 0.4) is 0 Å². The summed E-state index contributed by atoms with van der Waals surface area (Å²) in [7, 11) is 3.80. The van der Waals surface area contributed by atoms with Crippen molar-refractivity contribution < 1.29 is 4.79 Å². The van der Waals surface area contributed by atoms with E-state index in [9.17, 15) is 4.79 Å². The molecule has 1 aliphatic heterocycles. The van der Waals surface area contributed by atoms with Gasteiger partial charge in [0, 0.05) is 38.8 Å². The number of aryl methyl sites for hydroxylation is 1. The molecule has 0 spiro atoms. The second-order valence-electron chi connectivity index (χ2n) is 6.43. The van der Waals surface area contributed by atoms with Crippen LogP contribution in [-0.4, -0.2) is 39.8 Å². The van der Waals surface area contributed by atoms with Crippen molar-refractivity contribution in [3.8, 4) is 0 Å². The fraction of sp³-hybridized carbons (Fsp3) is 0.529. The first-order valence-corrected chi connectivity index (χ1v) is 8.42. The molecule has 7 nitrogen and oxygen atoms in total. The number of carbonyl (C=O) groups is 1. The topological polar surface area (TPSA) is 75.9 Å². The molecular weight excluding hydrogens is 304 g/mol. The summed E-state index contributed by atoms with van der Waals surface area (Å²) in [6.45, 7) is 2.88. The lowest BCUT2D eigenvalue weighted by Crippen LogP contribution is -2.29. The number of hydrogen-bond donors (Lipinski definition) is 1. The SMILES string of the molecule is CC(NC(=O)c1ccnc(N(C)C)c1)c1nnc2n1CCCCC2. The minimum atomic E-state index is -0.187. The van der Waals surface area contributed by atoms with E-state index in [2.05, 4.69) is 25.1 Å². The lowest BCUT2D eigenvalue weighted by Gasteiger charge is -2.16. The highest BCUT2D eigenvalue weighted by Gasteiger charge is 2.21. The Hall–Kier alpha value is -2.44. The van der Waals surface area contributed by atoms with Gasteiger partial charge in [-0.25, -0.2) is 4.98 Å². The molecule has 7 heteroatoms. The Bertz CT molecular complexity index is 724. The van der Waals surface area contributed by atoms with Gasteiger partial charge in [-0.05, 0) is 31.9 Å². The van der Waals surface area contributed by atoms with Gasteiger partial charge in [0.25, 0.3) is 5.91 Å². The van der Waals surface area contributed by atoms with Crippen LogP contribution in [0.4, 0.5) is 5.82 Å². The van der Waals surface area contributed by atoms with Gasteiger partial charge in [-0.3, -0.25) is 4.79 Å². The smallest absolute Gasteiger partial charge is 0.252 e. The standard InChI is InChI=1S/C17H24N6O/c1-12(16-21-20-14-7-5-4-6-10-23(14)16)19-17(24)13-8-9-18-15(11-13)22(2)3/h8-9,11-12H,4-7,10H2,1-3H3,(H,19,24). The molecule has 0 bridgehead atoms. The average molecular weight is 328 g/mol. The van der Waals surface area contributed by atoms with Gasteiger partial charge in [-0.1, -0.05) is 6.42 Å². The van der Waals surface area contributed by atoms with Crippen molar-refractivity contribution in [3.63, 3.8) is 0 Å². The predicted molar refractivity (Wildman–Crippen MR) is 92.0 cm³/mol. The predicted octanol–water partition coefficient (Wildman–Crippen LogP) is 1.96. The van der Waals surface area contributed by atoms with Crippen LogP contribution >= 0.6 is 0 Å². The van der Waals surface area contributed by atoms with Gasteiger partial charge in [0.05, 0.1) is 6.04 Å². The van der Waals surface area contributed by atoms with E-state index in [1.807, 2.05) is 25.9 Å². The Morgan fingerprint density at radius 2 is 2.12 bits per heavy atom. The van der Waals surface area contributed by atoms with Crippen LogP contribution in [0.1, 0.15) is 54.2 Å². The normalized spacial score (nSPS) is 15.3. The number of amides is 1. The van der Waals surface area contributed by atoms with Crippen LogP contribution < -0.4 is 10.2 Å². The van der Waals surface area contributed by atoms with E-state index < -0.39 is 0 Å². The summed E-state index contributed by atoms with van der Waals surface area (Å²) in [4.78, 5) is 18.7. The molecule has 0 saturated carbocycles. The summed E-state index contributed by atoms with van der Waals surface area (Å²) in [6, 6.07) is 3.32. The lowest BCUT2D eigenvalue weighted by molar-refractivity contribution is 0.0937. The molecule has 2 aromatic rings. The molecule has 1 aliphatic rings. The van der Waals surface area contributed by atoms with E-state index in [-0.39, 0.29) is 11.9 Å². The zero-order valence-corrected chi connectivity index (χ0v) is 14.5. The van der Waals surface area contributed by atoms with Crippen molar-refractivity contribution >= 4 is 11.7 Å². The minimum absolute atomic E-state index is 0.126. The molecule has 1 N–H and O–H groups in total. The fourth-order valence-corrected chi connectivity index (χ4v) is 2.98. The largest absolute Gasteiger partial charge is 0.363 e. The number of carbonyl (C=O) groups excluding carboxylic acids is 1. The number of aromatic nitrogens is 4. The maximum atomic E-state index is 12.5. The zero-order valence-electron chi connectivity index (χ0n) is 14.5. The third kappa shape index (κ3) is 3.39. The van der Waals surface area contributed by atoms with Crippen molar-refractivity contribution in [1.29, 1.82) is 0 Å². The van der Waals surface area contributed by atoms with Gasteiger partial charge >= 0.3 is 0 Å². The highest BCUT2D eigenvalue weighted by atomic mass is 16.1. The molecule has 0 radical (unpaired) electrons. The van der Waals surface area contributed by atoms with E-state index in [1.54, 1.807) is 18.3 Å². The van der Waals surface area contributed by atoms with Crippen molar-refractivity contribution in [3.05, 3.63) is 35.5 Å². The molecule has 128 valence electrons. The second-order valence-corrected chi connectivity index (χ2v) is 6.43. The van der Waals surface area contributed by atoms with Crippen molar-refractivity contribution in [2.75, 3.05) is 19.0 Å². The van der Waals surface area contributed by atoms with Gasteiger partial charge in [-0.2, -0.15) is 0 Å². The molecule has 1 unspecified atom stereocenters. The molecule has 0 fully saturated rings. The number of anilines is 1. The molecule has 1 amide bonds. The Morgan fingerprint density at radius 3 is 2.92 bits per heavy atom. The Morgan fingerprint density at radius 1 is 1.29 bits per heavy atom. The van der Waals surface area contributed by atoms with Gasteiger partial charge in [-0.15, -0.1) is 10.2 Å². The van der Waals surface area contributed by atoms with Crippen LogP contribution in [0.5, 0.6) is 0 Å². The van der Waals surface area contributed by atoms with E-state index in [4.69, 9.17) is 0 Å². The summed E-state index contributed by atoms with van der Waals surface area (Å²) >= 11 is 0. The zero-order chi connectivity index (χ0) is 17.1. The first kappa shape index (κ1) is 16.4. The van der Waals surface area contributed by atoms with Gasteiger partial charge in [0.15, 0.2) is 5.82 Å². The van der Waals surface area contributed by atoms with Crippen LogP contribution in [-0.2, 0) is 13.0 Å². The van der Waals surface area contributed by atoms with Crippen LogP contribution in [0.2, 0.25) is 0 Å². The number of nitrogens with zero attached hydrogens (tertiary/aromatic N) is 5. The molecule has 0 saturated heterocycles.